The van der Waals surface area contributed by atoms with E-state index >= 15 is 0 Å². The Hall–Kier alpha value is -2.63. The average molecular weight is 240 g/mol. The van der Waals surface area contributed by atoms with Crippen LogP contribution in [0.15, 0.2) is 50.1 Å². The van der Waals surface area contributed by atoms with Crippen molar-refractivity contribution in [3.63, 3.8) is 0 Å². The summed E-state index contributed by atoms with van der Waals surface area (Å²) in [7, 11) is 1.59. The number of nitrogens with zero attached hydrogens (tertiary/aromatic N) is 4. The van der Waals surface area contributed by atoms with E-state index in [1.54, 1.807) is 19.2 Å². The minimum Gasteiger partial charge on any atom is -0.497 e. The Balaban J connectivity index is 2.08. The van der Waals surface area contributed by atoms with Crippen LogP contribution in [-0.4, -0.2) is 25.2 Å². The zero-order valence-electron chi connectivity index (χ0n) is 9.49. The van der Waals surface area contributed by atoms with E-state index in [1.165, 1.54) is 6.34 Å². The number of hydrogen-bond donors (Lipinski definition) is 0. The number of amidine groups is 1. The molecule has 0 fully saturated rings. The van der Waals surface area contributed by atoms with Gasteiger partial charge in [-0.1, -0.05) is 0 Å². The number of benzene rings is 1. The quantitative estimate of drug-likeness (QED) is 0.790. The fourth-order valence-electron chi connectivity index (χ4n) is 1.74. The van der Waals surface area contributed by atoms with Gasteiger partial charge in [0.1, 0.15) is 23.4 Å². The molecule has 0 bridgehead atoms. The van der Waals surface area contributed by atoms with Gasteiger partial charge in [0.15, 0.2) is 5.84 Å². The van der Waals surface area contributed by atoms with Crippen LogP contribution in [-0.2, 0) is 4.79 Å². The SMILES string of the molecule is COc1ccc(C2=C3C(=O)N=CN=C3N=N2)cc1. The van der Waals surface area contributed by atoms with Gasteiger partial charge in [-0.3, -0.25) is 4.79 Å². The number of rotatable bonds is 2. The van der Waals surface area contributed by atoms with Gasteiger partial charge in [-0.05, 0) is 24.3 Å². The van der Waals surface area contributed by atoms with Crippen molar-refractivity contribution in [2.75, 3.05) is 7.11 Å². The maximum absolute atomic E-state index is 11.7. The first-order valence-electron chi connectivity index (χ1n) is 5.25. The summed E-state index contributed by atoms with van der Waals surface area (Å²) in [5.41, 5.74) is 1.63. The van der Waals surface area contributed by atoms with Gasteiger partial charge in [0.25, 0.3) is 5.91 Å². The maximum atomic E-state index is 11.7. The van der Waals surface area contributed by atoms with Gasteiger partial charge < -0.3 is 4.74 Å². The van der Waals surface area contributed by atoms with Crippen LogP contribution in [0.3, 0.4) is 0 Å². The van der Waals surface area contributed by atoms with Crippen LogP contribution in [0.1, 0.15) is 5.56 Å². The molecule has 0 saturated heterocycles. The second-order valence-electron chi connectivity index (χ2n) is 3.65. The van der Waals surface area contributed by atoms with E-state index < -0.39 is 0 Å². The van der Waals surface area contributed by atoms with Crippen molar-refractivity contribution in [3.8, 4) is 5.75 Å². The zero-order valence-corrected chi connectivity index (χ0v) is 9.49. The van der Waals surface area contributed by atoms with E-state index in [2.05, 4.69) is 20.2 Å². The molecule has 18 heavy (non-hydrogen) atoms. The van der Waals surface area contributed by atoms with E-state index in [4.69, 9.17) is 4.74 Å². The summed E-state index contributed by atoms with van der Waals surface area (Å²) in [5, 5.41) is 7.85. The third-order valence-electron chi connectivity index (χ3n) is 2.64. The Bertz CT molecular complexity index is 639. The molecule has 0 aliphatic carbocycles. The van der Waals surface area contributed by atoms with Crippen LogP contribution in [0.2, 0.25) is 0 Å². The summed E-state index contributed by atoms with van der Waals surface area (Å²) in [6, 6.07) is 7.22. The summed E-state index contributed by atoms with van der Waals surface area (Å²) in [4.78, 5) is 19.2. The van der Waals surface area contributed by atoms with Gasteiger partial charge in [-0.25, -0.2) is 4.99 Å². The lowest BCUT2D eigenvalue weighted by Crippen LogP contribution is -2.12. The minimum absolute atomic E-state index is 0.320. The molecule has 1 aromatic carbocycles. The highest BCUT2D eigenvalue weighted by Gasteiger charge is 2.28. The number of azo groups is 1. The van der Waals surface area contributed by atoms with Crippen LogP contribution < -0.4 is 4.74 Å². The fraction of sp³-hybridized carbons (Fsp3) is 0.0833. The standard InChI is InChI=1S/C12H8N4O2/c1-18-8-4-2-7(3-5-8)10-9-11(16-15-10)13-6-14-12(9)17/h2-6H,1H3. The highest BCUT2D eigenvalue weighted by atomic mass is 16.5. The number of carbonyl (C=O) groups is 1. The van der Waals surface area contributed by atoms with Crippen LogP contribution in [0.5, 0.6) is 5.75 Å². The predicted molar refractivity (Wildman–Crippen MR) is 65.7 cm³/mol. The molecular formula is C12H8N4O2. The molecule has 3 rings (SSSR count). The van der Waals surface area contributed by atoms with Crippen molar-refractivity contribution < 1.29 is 9.53 Å². The Kier molecular flexibility index (Phi) is 2.33. The van der Waals surface area contributed by atoms with Crippen molar-refractivity contribution in [1.29, 1.82) is 0 Å². The molecule has 0 aromatic heterocycles. The van der Waals surface area contributed by atoms with Crippen LogP contribution in [0.25, 0.3) is 5.70 Å². The number of ether oxygens (including phenoxy) is 1. The summed E-state index contributed by atoms with van der Waals surface area (Å²) in [6.45, 7) is 0. The van der Waals surface area contributed by atoms with Crippen LogP contribution in [0, 0.1) is 0 Å². The molecule has 6 nitrogen and oxygen atoms in total. The lowest BCUT2D eigenvalue weighted by atomic mass is 10.1. The zero-order chi connectivity index (χ0) is 12.5. The first-order valence-corrected chi connectivity index (χ1v) is 5.25. The molecule has 2 aliphatic rings. The second kappa shape index (κ2) is 3.99. The smallest absolute Gasteiger partial charge is 0.284 e. The van der Waals surface area contributed by atoms with Gasteiger partial charge in [0.2, 0.25) is 0 Å². The third-order valence-corrected chi connectivity index (χ3v) is 2.64. The first kappa shape index (κ1) is 10.5. The number of carbonyl (C=O) groups excluding carboxylic acids is 1. The van der Waals surface area contributed by atoms with E-state index in [9.17, 15) is 4.79 Å². The monoisotopic (exact) mass is 240 g/mol. The van der Waals surface area contributed by atoms with Gasteiger partial charge in [0.05, 0.1) is 7.11 Å². The number of fused-ring (bicyclic) bond motifs is 1. The third kappa shape index (κ3) is 1.55. The topological polar surface area (TPSA) is 75.7 Å². The van der Waals surface area contributed by atoms with Gasteiger partial charge in [0, 0.05) is 5.56 Å². The number of amides is 1. The van der Waals surface area contributed by atoms with E-state index in [-0.39, 0.29) is 5.91 Å². The van der Waals surface area contributed by atoms with E-state index in [1.807, 2.05) is 12.1 Å². The molecule has 1 aromatic rings. The maximum Gasteiger partial charge on any atom is 0.284 e. The summed E-state index contributed by atoms with van der Waals surface area (Å²) in [5.74, 6) is 0.692. The Morgan fingerprint density at radius 1 is 1.11 bits per heavy atom. The van der Waals surface area contributed by atoms with E-state index in [0.29, 0.717) is 17.1 Å². The molecule has 2 heterocycles. The Morgan fingerprint density at radius 3 is 2.61 bits per heavy atom. The fourth-order valence-corrected chi connectivity index (χ4v) is 1.74. The van der Waals surface area contributed by atoms with Crippen LogP contribution in [0.4, 0.5) is 0 Å². The Labute approximate surface area is 102 Å². The predicted octanol–water partition coefficient (Wildman–Crippen LogP) is 1.84. The number of aliphatic imine (C=N–C) groups is 2. The largest absolute Gasteiger partial charge is 0.497 e. The van der Waals surface area contributed by atoms with Crippen molar-refractivity contribution in [1.82, 2.24) is 0 Å². The van der Waals surface area contributed by atoms with Crippen molar-refractivity contribution in [3.05, 3.63) is 35.4 Å². The Morgan fingerprint density at radius 2 is 1.89 bits per heavy atom. The summed E-state index contributed by atoms with van der Waals surface area (Å²) in [6.07, 6.45) is 1.19. The van der Waals surface area contributed by atoms with Crippen molar-refractivity contribution >= 4 is 23.8 Å². The molecule has 0 atom stereocenters. The minimum atomic E-state index is -0.365. The first-order chi connectivity index (χ1) is 8.79. The highest BCUT2D eigenvalue weighted by Crippen LogP contribution is 2.30. The van der Waals surface area contributed by atoms with Gasteiger partial charge in [-0.2, -0.15) is 4.99 Å². The van der Waals surface area contributed by atoms with Crippen molar-refractivity contribution in [2.24, 2.45) is 20.2 Å². The molecule has 0 unspecified atom stereocenters. The molecular weight excluding hydrogens is 232 g/mol. The highest BCUT2D eigenvalue weighted by molar-refractivity contribution is 6.31. The molecule has 0 spiro atoms. The van der Waals surface area contributed by atoms with Crippen molar-refractivity contribution in [2.45, 2.75) is 0 Å². The molecule has 6 heteroatoms. The second-order valence-corrected chi connectivity index (χ2v) is 3.65. The normalized spacial score (nSPS) is 16.9. The molecule has 0 radical (unpaired) electrons. The summed E-state index contributed by atoms with van der Waals surface area (Å²) < 4.78 is 5.08. The average Bonchev–Trinajstić information content (AvgIpc) is 2.84. The molecule has 0 N–H and O–H groups in total. The van der Waals surface area contributed by atoms with Gasteiger partial charge in [-0.15, -0.1) is 10.2 Å². The van der Waals surface area contributed by atoms with Gasteiger partial charge >= 0.3 is 0 Å². The number of methoxy groups -OCH3 is 1. The molecule has 1 amide bonds. The lowest BCUT2D eigenvalue weighted by molar-refractivity contribution is -0.113. The molecule has 0 saturated carbocycles. The number of hydrogen-bond acceptors (Lipinski definition) is 5. The molecule has 2 aliphatic heterocycles. The van der Waals surface area contributed by atoms with E-state index in [0.717, 1.165) is 11.3 Å². The summed E-state index contributed by atoms with van der Waals surface area (Å²) >= 11 is 0. The molecule has 88 valence electrons. The lowest BCUT2D eigenvalue weighted by Gasteiger charge is -2.04. The van der Waals surface area contributed by atoms with Crippen LogP contribution >= 0.6 is 0 Å².